The largest absolute Gasteiger partial charge is 0.398 e. The molecule has 0 saturated carbocycles. The fourth-order valence-corrected chi connectivity index (χ4v) is 3.22. The molecule has 96 valence electrons. The fraction of sp³-hybridized carbons (Fsp3) is 0.333. The molecule has 0 saturated heterocycles. The lowest BCUT2D eigenvalue weighted by molar-refractivity contribution is 0.880. The van der Waals surface area contributed by atoms with Crippen molar-refractivity contribution in [1.82, 2.24) is 0 Å². The first-order chi connectivity index (χ1) is 8.49. The summed E-state index contributed by atoms with van der Waals surface area (Å²) < 4.78 is 0. The molecule has 3 N–H and O–H groups in total. The average Bonchev–Trinajstić information content (AvgIpc) is 2.64. The van der Waals surface area contributed by atoms with Gasteiger partial charge in [-0.2, -0.15) is 0 Å². The zero-order chi connectivity index (χ0) is 13.3. The van der Waals surface area contributed by atoms with E-state index in [1.807, 2.05) is 23.5 Å². The lowest BCUT2D eigenvalue weighted by Gasteiger charge is -2.18. The Morgan fingerprint density at radius 2 is 1.94 bits per heavy atom. The highest BCUT2D eigenvalue weighted by atomic mass is 32.1. The van der Waals surface area contributed by atoms with E-state index in [0.29, 0.717) is 6.04 Å². The third kappa shape index (κ3) is 2.51. The second-order valence-electron chi connectivity index (χ2n) is 4.75. The van der Waals surface area contributed by atoms with Crippen LogP contribution < -0.4 is 11.1 Å². The highest BCUT2D eigenvalue weighted by molar-refractivity contribution is 7.12. The summed E-state index contributed by atoms with van der Waals surface area (Å²) in [7, 11) is 0. The minimum atomic E-state index is 0.301. The summed E-state index contributed by atoms with van der Waals surface area (Å²) in [6, 6.07) is 8.57. The van der Waals surface area contributed by atoms with Crippen LogP contribution in [0, 0.1) is 20.8 Å². The van der Waals surface area contributed by atoms with Crippen LogP contribution in [-0.4, -0.2) is 0 Å². The van der Waals surface area contributed by atoms with Crippen molar-refractivity contribution in [2.75, 3.05) is 11.1 Å². The third-order valence-corrected chi connectivity index (χ3v) is 4.28. The van der Waals surface area contributed by atoms with Crippen LogP contribution in [0.2, 0.25) is 0 Å². The average molecular weight is 260 g/mol. The molecule has 2 rings (SSSR count). The second-order valence-corrected chi connectivity index (χ2v) is 6.21. The first-order valence-electron chi connectivity index (χ1n) is 6.17. The Balaban J connectivity index is 2.24. The molecular formula is C15H20N2S. The number of rotatable bonds is 3. The van der Waals surface area contributed by atoms with E-state index in [9.17, 15) is 0 Å². The SMILES string of the molecule is Cc1cc(C(C)Nc2cccc(N)c2C)c(C)s1. The van der Waals surface area contributed by atoms with Gasteiger partial charge in [0.25, 0.3) is 0 Å². The summed E-state index contributed by atoms with van der Waals surface area (Å²) in [6.07, 6.45) is 0. The summed E-state index contributed by atoms with van der Waals surface area (Å²) in [5.74, 6) is 0. The van der Waals surface area contributed by atoms with Crippen molar-refractivity contribution < 1.29 is 0 Å². The summed E-state index contributed by atoms with van der Waals surface area (Å²) in [4.78, 5) is 2.74. The fourth-order valence-electron chi connectivity index (χ4n) is 2.20. The molecule has 1 aromatic heterocycles. The van der Waals surface area contributed by atoms with Crippen LogP contribution in [0.4, 0.5) is 11.4 Å². The molecule has 0 aliphatic carbocycles. The van der Waals surface area contributed by atoms with Crippen LogP contribution >= 0.6 is 11.3 Å². The third-order valence-electron chi connectivity index (χ3n) is 3.29. The standard InChI is InChI=1S/C15H20N2S/c1-9-8-13(12(4)18-9)11(3)17-15-7-5-6-14(16)10(15)2/h5-8,11,17H,16H2,1-4H3. The predicted molar refractivity (Wildman–Crippen MR) is 81.4 cm³/mol. The van der Waals surface area contributed by atoms with Crippen LogP contribution in [0.1, 0.15) is 33.8 Å². The number of hydrogen-bond donors (Lipinski definition) is 2. The minimum Gasteiger partial charge on any atom is -0.398 e. The van der Waals surface area contributed by atoms with Gasteiger partial charge in [-0.1, -0.05) is 6.07 Å². The van der Waals surface area contributed by atoms with Gasteiger partial charge >= 0.3 is 0 Å². The summed E-state index contributed by atoms with van der Waals surface area (Å²) in [5, 5.41) is 3.55. The van der Waals surface area contributed by atoms with Gasteiger partial charge in [-0.05, 0) is 57.0 Å². The zero-order valence-corrected chi connectivity index (χ0v) is 12.2. The number of nitrogens with one attached hydrogen (secondary N) is 1. The molecule has 1 aromatic carbocycles. The van der Waals surface area contributed by atoms with Crippen LogP contribution in [0.25, 0.3) is 0 Å². The number of hydrogen-bond acceptors (Lipinski definition) is 3. The van der Waals surface area contributed by atoms with Gasteiger partial charge in [0.15, 0.2) is 0 Å². The maximum Gasteiger partial charge on any atom is 0.0496 e. The van der Waals surface area contributed by atoms with E-state index >= 15 is 0 Å². The van der Waals surface area contributed by atoms with Gasteiger partial charge in [-0.15, -0.1) is 11.3 Å². The molecule has 18 heavy (non-hydrogen) atoms. The van der Waals surface area contributed by atoms with E-state index < -0.39 is 0 Å². The highest BCUT2D eigenvalue weighted by Gasteiger charge is 2.12. The quantitative estimate of drug-likeness (QED) is 0.801. The van der Waals surface area contributed by atoms with Crippen molar-refractivity contribution >= 4 is 22.7 Å². The lowest BCUT2D eigenvalue weighted by Crippen LogP contribution is -2.08. The Morgan fingerprint density at radius 1 is 1.22 bits per heavy atom. The van der Waals surface area contributed by atoms with Crippen molar-refractivity contribution in [3.63, 3.8) is 0 Å². The molecule has 0 bridgehead atoms. The van der Waals surface area contributed by atoms with Gasteiger partial charge in [0.2, 0.25) is 0 Å². The lowest BCUT2D eigenvalue weighted by atomic mass is 10.1. The summed E-state index contributed by atoms with van der Waals surface area (Å²) in [5.41, 5.74) is 10.4. The van der Waals surface area contributed by atoms with Crippen LogP contribution in [0.3, 0.4) is 0 Å². The molecule has 1 atom stereocenters. The van der Waals surface area contributed by atoms with Crippen molar-refractivity contribution in [2.45, 2.75) is 33.7 Å². The molecule has 0 fully saturated rings. The Morgan fingerprint density at radius 3 is 2.56 bits per heavy atom. The number of benzene rings is 1. The number of thiophene rings is 1. The van der Waals surface area contributed by atoms with E-state index in [4.69, 9.17) is 5.73 Å². The van der Waals surface area contributed by atoms with Crippen LogP contribution in [-0.2, 0) is 0 Å². The van der Waals surface area contributed by atoms with Crippen molar-refractivity contribution in [3.8, 4) is 0 Å². The molecular weight excluding hydrogens is 240 g/mol. The molecule has 0 aliphatic rings. The maximum atomic E-state index is 5.93. The Hall–Kier alpha value is -1.48. The van der Waals surface area contributed by atoms with Gasteiger partial charge in [-0.25, -0.2) is 0 Å². The molecule has 3 heteroatoms. The van der Waals surface area contributed by atoms with Crippen LogP contribution in [0.5, 0.6) is 0 Å². The number of nitrogen functional groups attached to an aromatic ring is 1. The topological polar surface area (TPSA) is 38.0 Å². The number of aryl methyl sites for hydroxylation is 2. The van der Waals surface area contributed by atoms with Gasteiger partial charge < -0.3 is 11.1 Å². The summed E-state index contributed by atoms with van der Waals surface area (Å²) >= 11 is 1.85. The molecule has 0 aliphatic heterocycles. The zero-order valence-electron chi connectivity index (χ0n) is 11.4. The van der Waals surface area contributed by atoms with E-state index in [0.717, 1.165) is 16.9 Å². The molecule has 2 nitrogen and oxygen atoms in total. The Bertz CT molecular complexity index is 558. The second kappa shape index (κ2) is 5.02. The molecule has 0 amide bonds. The first kappa shape index (κ1) is 13.0. The van der Waals surface area contributed by atoms with Crippen molar-refractivity contribution in [2.24, 2.45) is 0 Å². The van der Waals surface area contributed by atoms with Crippen molar-refractivity contribution in [1.29, 1.82) is 0 Å². The molecule has 2 aromatic rings. The monoisotopic (exact) mass is 260 g/mol. The number of nitrogens with two attached hydrogens (primary N) is 1. The molecule has 0 spiro atoms. The predicted octanol–water partition coefficient (Wildman–Crippen LogP) is 4.43. The van der Waals surface area contributed by atoms with E-state index in [1.54, 1.807) is 0 Å². The maximum absolute atomic E-state index is 5.93. The van der Waals surface area contributed by atoms with Gasteiger partial charge in [0.05, 0.1) is 0 Å². The van der Waals surface area contributed by atoms with Crippen molar-refractivity contribution in [3.05, 3.63) is 45.1 Å². The van der Waals surface area contributed by atoms with Gasteiger partial charge in [0, 0.05) is 27.2 Å². The minimum absolute atomic E-state index is 0.301. The highest BCUT2D eigenvalue weighted by Crippen LogP contribution is 2.30. The summed E-state index contributed by atoms with van der Waals surface area (Å²) in [6.45, 7) is 8.57. The molecule has 1 heterocycles. The Kier molecular flexibility index (Phi) is 3.62. The Labute approximate surface area is 113 Å². The first-order valence-corrected chi connectivity index (χ1v) is 6.99. The normalized spacial score (nSPS) is 12.4. The van der Waals surface area contributed by atoms with E-state index in [1.165, 1.54) is 15.3 Å². The van der Waals surface area contributed by atoms with E-state index in [-0.39, 0.29) is 0 Å². The van der Waals surface area contributed by atoms with E-state index in [2.05, 4.69) is 45.1 Å². The molecule has 0 radical (unpaired) electrons. The number of anilines is 2. The van der Waals surface area contributed by atoms with Crippen LogP contribution in [0.15, 0.2) is 24.3 Å². The van der Waals surface area contributed by atoms with Gasteiger partial charge in [-0.3, -0.25) is 0 Å². The molecule has 1 unspecified atom stereocenters. The van der Waals surface area contributed by atoms with Gasteiger partial charge in [0.1, 0.15) is 0 Å². The smallest absolute Gasteiger partial charge is 0.0496 e.